The van der Waals surface area contributed by atoms with E-state index < -0.39 is 5.54 Å². The number of benzene rings is 1. The Morgan fingerprint density at radius 2 is 1.92 bits per heavy atom. The molecule has 1 atom stereocenters. The Kier molecular flexibility index (Phi) is 4.12. The van der Waals surface area contributed by atoms with Gasteiger partial charge < -0.3 is 10.2 Å². The molecule has 2 heterocycles. The highest BCUT2D eigenvalue weighted by atomic mass is 35.5. The Hall–Kier alpha value is -1.79. The minimum atomic E-state index is -0.695. The van der Waals surface area contributed by atoms with Gasteiger partial charge in [0.15, 0.2) is 0 Å². The van der Waals surface area contributed by atoms with Gasteiger partial charge in [-0.1, -0.05) is 17.7 Å². The van der Waals surface area contributed by atoms with Crippen molar-refractivity contribution in [1.82, 2.24) is 15.1 Å². The molecule has 3 amide bonds. The van der Waals surface area contributed by atoms with Crippen molar-refractivity contribution in [3.63, 3.8) is 0 Å². The summed E-state index contributed by atoms with van der Waals surface area (Å²) < 4.78 is 0. The summed E-state index contributed by atoms with van der Waals surface area (Å²) in [5.41, 5.74) is 0.420. The number of amides is 3. The van der Waals surface area contributed by atoms with Gasteiger partial charge in [0.25, 0.3) is 5.91 Å². The number of piperazine rings is 1. The van der Waals surface area contributed by atoms with Crippen LogP contribution in [0.25, 0.3) is 0 Å². The Morgan fingerprint density at radius 1 is 1.20 bits per heavy atom. The summed E-state index contributed by atoms with van der Waals surface area (Å²) in [6, 6.07) is 7.60. The molecule has 3 aliphatic rings. The van der Waals surface area contributed by atoms with Crippen LogP contribution in [-0.2, 0) is 4.79 Å². The second kappa shape index (κ2) is 6.18. The number of halogens is 1. The maximum Gasteiger partial charge on any atom is 0.326 e. The molecule has 0 unspecified atom stereocenters. The SMILES string of the molecule is C[C@@]1(C2CC2)NC(=O)N(CN2CCN(c3cccc(Cl)c3)CC2)C1=O. The average Bonchev–Trinajstić information content (AvgIpc) is 3.42. The number of anilines is 1. The van der Waals surface area contributed by atoms with E-state index >= 15 is 0 Å². The molecule has 2 aliphatic heterocycles. The summed E-state index contributed by atoms with van der Waals surface area (Å²) in [4.78, 5) is 30.8. The number of carbonyl (C=O) groups excluding carboxylic acids is 2. The van der Waals surface area contributed by atoms with Crippen LogP contribution in [0, 0.1) is 5.92 Å². The van der Waals surface area contributed by atoms with E-state index in [2.05, 4.69) is 21.2 Å². The van der Waals surface area contributed by atoms with Crippen LogP contribution in [0.5, 0.6) is 0 Å². The zero-order valence-electron chi connectivity index (χ0n) is 14.4. The highest BCUT2D eigenvalue weighted by Gasteiger charge is 2.56. The van der Waals surface area contributed by atoms with Gasteiger partial charge in [0.1, 0.15) is 5.54 Å². The monoisotopic (exact) mass is 362 g/mol. The summed E-state index contributed by atoms with van der Waals surface area (Å²) in [5, 5.41) is 3.64. The van der Waals surface area contributed by atoms with E-state index in [1.807, 2.05) is 25.1 Å². The molecule has 1 aliphatic carbocycles. The van der Waals surface area contributed by atoms with Gasteiger partial charge in [0.05, 0.1) is 6.67 Å². The minimum Gasteiger partial charge on any atom is -0.369 e. The van der Waals surface area contributed by atoms with Gasteiger partial charge in [-0.05, 0) is 43.9 Å². The van der Waals surface area contributed by atoms with Gasteiger partial charge in [-0.3, -0.25) is 9.69 Å². The van der Waals surface area contributed by atoms with Crippen LogP contribution in [0.3, 0.4) is 0 Å². The molecule has 1 aromatic carbocycles. The Balaban J connectivity index is 1.36. The maximum atomic E-state index is 12.7. The summed E-state index contributed by atoms with van der Waals surface area (Å²) in [6.45, 7) is 5.56. The molecule has 0 spiro atoms. The van der Waals surface area contributed by atoms with Gasteiger partial charge in [0.2, 0.25) is 0 Å². The third kappa shape index (κ3) is 3.09. The predicted octanol–water partition coefficient (Wildman–Crippen LogP) is 2.14. The number of urea groups is 1. The number of imide groups is 1. The first-order chi connectivity index (χ1) is 12.0. The molecule has 134 valence electrons. The molecule has 0 radical (unpaired) electrons. The molecule has 4 rings (SSSR count). The number of nitrogens with zero attached hydrogens (tertiary/aromatic N) is 3. The lowest BCUT2D eigenvalue weighted by atomic mass is 9.96. The largest absolute Gasteiger partial charge is 0.369 e. The lowest BCUT2D eigenvalue weighted by molar-refractivity contribution is -0.133. The van der Waals surface area contributed by atoms with E-state index in [1.54, 1.807) is 0 Å². The molecule has 0 bridgehead atoms. The molecule has 3 fully saturated rings. The Morgan fingerprint density at radius 3 is 2.56 bits per heavy atom. The molecule has 7 heteroatoms. The van der Waals surface area contributed by atoms with Crippen molar-refractivity contribution >= 4 is 29.2 Å². The van der Waals surface area contributed by atoms with Crippen LogP contribution in [0.2, 0.25) is 5.02 Å². The molecule has 0 aromatic heterocycles. The fourth-order valence-electron chi connectivity index (χ4n) is 3.80. The molecule has 25 heavy (non-hydrogen) atoms. The highest BCUT2D eigenvalue weighted by Crippen LogP contribution is 2.42. The van der Waals surface area contributed by atoms with Crippen molar-refractivity contribution in [2.75, 3.05) is 37.7 Å². The number of hydrogen-bond donors (Lipinski definition) is 1. The van der Waals surface area contributed by atoms with E-state index in [0.29, 0.717) is 12.6 Å². The lowest BCUT2D eigenvalue weighted by Gasteiger charge is -2.37. The number of hydrogen-bond acceptors (Lipinski definition) is 4. The fourth-order valence-corrected chi connectivity index (χ4v) is 3.99. The van der Waals surface area contributed by atoms with Crippen LogP contribution in [0.15, 0.2) is 24.3 Å². The third-order valence-electron chi connectivity index (χ3n) is 5.58. The summed E-state index contributed by atoms with van der Waals surface area (Å²) >= 11 is 6.07. The first-order valence-electron chi connectivity index (χ1n) is 8.84. The van der Waals surface area contributed by atoms with Crippen LogP contribution in [-0.4, -0.2) is 60.1 Å². The van der Waals surface area contributed by atoms with Gasteiger partial charge >= 0.3 is 6.03 Å². The van der Waals surface area contributed by atoms with Crippen LogP contribution in [0.1, 0.15) is 19.8 Å². The van der Waals surface area contributed by atoms with Crippen molar-refractivity contribution in [3.8, 4) is 0 Å². The van der Waals surface area contributed by atoms with Gasteiger partial charge in [0, 0.05) is 36.9 Å². The first kappa shape index (κ1) is 16.7. The topological polar surface area (TPSA) is 55.9 Å². The molecule has 1 saturated carbocycles. The van der Waals surface area contributed by atoms with Crippen molar-refractivity contribution in [2.45, 2.75) is 25.3 Å². The van der Waals surface area contributed by atoms with E-state index in [-0.39, 0.29) is 11.9 Å². The van der Waals surface area contributed by atoms with Gasteiger partial charge in [-0.15, -0.1) is 0 Å². The molecule has 2 saturated heterocycles. The van der Waals surface area contributed by atoms with E-state index in [4.69, 9.17) is 11.6 Å². The minimum absolute atomic E-state index is 0.0720. The van der Waals surface area contributed by atoms with Crippen LogP contribution < -0.4 is 10.2 Å². The van der Waals surface area contributed by atoms with Crippen molar-refractivity contribution in [2.24, 2.45) is 5.92 Å². The second-order valence-electron chi connectivity index (χ2n) is 7.37. The average molecular weight is 363 g/mol. The molecule has 1 N–H and O–H groups in total. The van der Waals surface area contributed by atoms with Crippen LogP contribution >= 0.6 is 11.6 Å². The summed E-state index contributed by atoms with van der Waals surface area (Å²) in [6.07, 6.45) is 2.04. The number of nitrogens with one attached hydrogen (secondary N) is 1. The third-order valence-corrected chi connectivity index (χ3v) is 5.82. The van der Waals surface area contributed by atoms with Crippen molar-refractivity contribution in [1.29, 1.82) is 0 Å². The normalized spacial score (nSPS) is 27.8. The number of rotatable bonds is 4. The molecule has 1 aromatic rings. The van der Waals surface area contributed by atoms with Crippen molar-refractivity contribution in [3.05, 3.63) is 29.3 Å². The summed E-state index contributed by atoms with van der Waals surface area (Å²) in [7, 11) is 0. The maximum absolute atomic E-state index is 12.7. The first-order valence-corrected chi connectivity index (χ1v) is 9.22. The van der Waals surface area contributed by atoms with Crippen molar-refractivity contribution < 1.29 is 9.59 Å². The van der Waals surface area contributed by atoms with E-state index in [1.165, 1.54) is 4.90 Å². The second-order valence-corrected chi connectivity index (χ2v) is 7.80. The number of carbonyl (C=O) groups is 2. The Bertz CT molecular complexity index is 700. The van der Waals surface area contributed by atoms with Gasteiger partial charge in [-0.2, -0.15) is 0 Å². The molecular weight excluding hydrogens is 340 g/mol. The highest BCUT2D eigenvalue weighted by molar-refractivity contribution is 6.30. The predicted molar refractivity (Wildman–Crippen MR) is 96.6 cm³/mol. The quantitative estimate of drug-likeness (QED) is 0.834. The molecular formula is C18H23ClN4O2. The zero-order chi connectivity index (χ0) is 17.6. The molecule has 6 nitrogen and oxygen atoms in total. The van der Waals surface area contributed by atoms with E-state index in [9.17, 15) is 9.59 Å². The fraction of sp³-hybridized carbons (Fsp3) is 0.556. The standard InChI is InChI=1S/C18H23ClN4O2/c1-18(13-5-6-13)16(24)23(17(25)20-18)12-21-7-9-22(10-8-21)15-4-2-3-14(19)11-15/h2-4,11,13H,5-10,12H2,1H3,(H,20,25)/t18-/m0/s1. The Labute approximate surface area is 152 Å². The zero-order valence-corrected chi connectivity index (χ0v) is 15.1. The van der Waals surface area contributed by atoms with Gasteiger partial charge in [-0.25, -0.2) is 9.69 Å². The summed E-state index contributed by atoms with van der Waals surface area (Å²) in [5.74, 6) is 0.228. The van der Waals surface area contributed by atoms with E-state index in [0.717, 1.165) is 49.7 Å². The smallest absolute Gasteiger partial charge is 0.326 e. The lowest BCUT2D eigenvalue weighted by Crippen LogP contribution is -2.52. The van der Waals surface area contributed by atoms with Crippen LogP contribution in [0.4, 0.5) is 10.5 Å².